The number of hydrogen-bond donors (Lipinski definition) is 1. The molecule has 2 aromatic rings. The highest BCUT2D eigenvalue weighted by Crippen LogP contribution is 2.26. The number of nitrogens with zero attached hydrogens (tertiary/aromatic N) is 1. The maximum Gasteiger partial charge on any atom is 0.223 e. The molecule has 1 saturated heterocycles. The molecule has 0 unspecified atom stereocenters. The van der Waals surface area contributed by atoms with Crippen molar-refractivity contribution in [2.24, 2.45) is 11.8 Å². The molecule has 3 nitrogen and oxygen atoms in total. The van der Waals surface area contributed by atoms with Gasteiger partial charge in [0.05, 0.1) is 16.1 Å². The Morgan fingerprint density at radius 3 is 2.38 bits per heavy atom. The smallest absolute Gasteiger partial charge is 0.223 e. The van der Waals surface area contributed by atoms with E-state index in [4.69, 9.17) is 23.2 Å². The monoisotopic (exact) mass is 432 g/mol. The number of carbonyl (C=O) groups is 1. The number of halogens is 2. The topological polar surface area (TPSA) is 32.3 Å². The van der Waals surface area contributed by atoms with Crippen LogP contribution in [0.4, 0.5) is 0 Å². The van der Waals surface area contributed by atoms with Gasteiger partial charge in [0.2, 0.25) is 5.91 Å². The van der Waals surface area contributed by atoms with Crippen LogP contribution in [0.5, 0.6) is 0 Å². The molecule has 5 heteroatoms. The number of benzene rings is 2. The van der Waals surface area contributed by atoms with Gasteiger partial charge in [0, 0.05) is 12.5 Å². The van der Waals surface area contributed by atoms with Gasteiger partial charge < -0.3 is 5.32 Å². The van der Waals surface area contributed by atoms with Crippen molar-refractivity contribution in [1.82, 2.24) is 10.2 Å². The van der Waals surface area contributed by atoms with Crippen molar-refractivity contribution >= 4 is 29.1 Å². The third-order valence-electron chi connectivity index (χ3n) is 5.57. The second-order valence-corrected chi connectivity index (χ2v) is 9.21. The summed E-state index contributed by atoms with van der Waals surface area (Å²) in [6, 6.07) is 16.2. The largest absolute Gasteiger partial charge is 0.349 e. The standard InChI is InChI=1S/C24H30Cl2N2O/c1-17(2)14-23(19-6-4-3-5-7-19)27-24(29)20-10-12-28(13-11-20)16-18-8-9-21(25)22(26)15-18/h3-9,15,17,20,23H,10-14,16H2,1-2H3,(H,27,29)/t23-/m0/s1. The number of carbonyl (C=O) groups excluding carboxylic acids is 1. The molecular weight excluding hydrogens is 403 g/mol. The Labute approximate surface area is 184 Å². The van der Waals surface area contributed by atoms with Crippen LogP contribution in [-0.4, -0.2) is 23.9 Å². The van der Waals surface area contributed by atoms with Crippen LogP contribution in [0.3, 0.4) is 0 Å². The molecule has 0 radical (unpaired) electrons. The van der Waals surface area contributed by atoms with Crippen LogP contribution in [0.1, 0.15) is 50.3 Å². The Morgan fingerprint density at radius 2 is 1.76 bits per heavy atom. The Bertz CT molecular complexity index is 802. The number of rotatable bonds is 7. The number of nitrogens with one attached hydrogen (secondary N) is 1. The molecule has 1 aliphatic heterocycles. The minimum Gasteiger partial charge on any atom is -0.349 e. The average Bonchev–Trinajstić information content (AvgIpc) is 2.71. The molecule has 156 valence electrons. The number of amides is 1. The second-order valence-electron chi connectivity index (χ2n) is 8.40. The highest BCUT2D eigenvalue weighted by atomic mass is 35.5. The highest BCUT2D eigenvalue weighted by Gasteiger charge is 2.27. The van der Waals surface area contributed by atoms with Gasteiger partial charge in [-0.25, -0.2) is 0 Å². The predicted molar refractivity (Wildman–Crippen MR) is 121 cm³/mol. The Kier molecular flexibility index (Phi) is 7.99. The lowest BCUT2D eigenvalue weighted by Crippen LogP contribution is -2.41. The van der Waals surface area contributed by atoms with Crippen molar-refractivity contribution in [3.8, 4) is 0 Å². The maximum absolute atomic E-state index is 12.9. The van der Waals surface area contributed by atoms with Gasteiger partial charge in [-0.2, -0.15) is 0 Å². The Morgan fingerprint density at radius 1 is 1.07 bits per heavy atom. The zero-order valence-corrected chi connectivity index (χ0v) is 18.7. The molecule has 1 fully saturated rings. The first-order chi connectivity index (χ1) is 13.9. The van der Waals surface area contributed by atoms with Crippen molar-refractivity contribution in [3.05, 3.63) is 69.7 Å². The SMILES string of the molecule is CC(C)C[C@H](NC(=O)C1CCN(Cc2ccc(Cl)c(Cl)c2)CC1)c1ccccc1. The predicted octanol–water partition coefficient (Wildman–Crippen LogP) is 6.11. The molecule has 1 N–H and O–H groups in total. The van der Waals surface area contributed by atoms with E-state index in [9.17, 15) is 4.79 Å². The van der Waals surface area contributed by atoms with Crippen molar-refractivity contribution in [3.63, 3.8) is 0 Å². The molecular formula is C24H30Cl2N2O. The third-order valence-corrected chi connectivity index (χ3v) is 6.31. The molecule has 29 heavy (non-hydrogen) atoms. The zero-order chi connectivity index (χ0) is 20.8. The molecule has 1 atom stereocenters. The quantitative estimate of drug-likeness (QED) is 0.572. The fourth-order valence-electron chi connectivity index (χ4n) is 3.97. The van der Waals surface area contributed by atoms with Gasteiger partial charge in [0.15, 0.2) is 0 Å². The van der Waals surface area contributed by atoms with Gasteiger partial charge >= 0.3 is 0 Å². The fraction of sp³-hybridized carbons (Fsp3) is 0.458. The van der Waals surface area contributed by atoms with E-state index in [1.807, 2.05) is 36.4 Å². The molecule has 1 heterocycles. The summed E-state index contributed by atoms with van der Waals surface area (Å²) in [5, 5.41) is 4.50. The minimum absolute atomic E-state index is 0.0814. The first-order valence-corrected chi connectivity index (χ1v) is 11.2. The molecule has 0 spiro atoms. The molecule has 1 aliphatic rings. The van der Waals surface area contributed by atoms with Crippen molar-refractivity contribution < 1.29 is 4.79 Å². The van der Waals surface area contributed by atoms with E-state index in [1.54, 1.807) is 0 Å². The zero-order valence-electron chi connectivity index (χ0n) is 17.2. The van der Waals surface area contributed by atoms with E-state index < -0.39 is 0 Å². The van der Waals surface area contributed by atoms with Crippen LogP contribution < -0.4 is 5.32 Å². The molecule has 1 amide bonds. The number of piperidine rings is 1. The van der Waals surface area contributed by atoms with Crippen LogP contribution in [0.15, 0.2) is 48.5 Å². The second kappa shape index (κ2) is 10.5. The fourth-order valence-corrected chi connectivity index (χ4v) is 4.29. The van der Waals surface area contributed by atoms with E-state index in [-0.39, 0.29) is 17.9 Å². The molecule has 3 rings (SSSR count). The van der Waals surface area contributed by atoms with Gasteiger partial charge in [-0.3, -0.25) is 9.69 Å². The lowest BCUT2D eigenvalue weighted by Gasteiger charge is -2.32. The van der Waals surface area contributed by atoms with Gasteiger partial charge in [-0.1, -0.05) is 73.4 Å². The van der Waals surface area contributed by atoms with E-state index >= 15 is 0 Å². The van der Waals surface area contributed by atoms with E-state index in [0.29, 0.717) is 16.0 Å². The van der Waals surface area contributed by atoms with Crippen LogP contribution >= 0.6 is 23.2 Å². The summed E-state index contributed by atoms with van der Waals surface area (Å²) in [5.41, 5.74) is 2.34. The van der Waals surface area contributed by atoms with Crippen LogP contribution in [0.2, 0.25) is 10.0 Å². The molecule has 0 aromatic heterocycles. The highest BCUT2D eigenvalue weighted by molar-refractivity contribution is 6.42. The third kappa shape index (κ3) is 6.47. The van der Waals surface area contributed by atoms with Gasteiger partial charge in [0.25, 0.3) is 0 Å². The Balaban J connectivity index is 1.54. The van der Waals surface area contributed by atoms with Gasteiger partial charge in [-0.05, 0) is 61.5 Å². The minimum atomic E-state index is 0.0814. The summed E-state index contributed by atoms with van der Waals surface area (Å²) in [5.74, 6) is 0.792. The molecule has 0 aliphatic carbocycles. The van der Waals surface area contributed by atoms with Gasteiger partial charge in [0.1, 0.15) is 0 Å². The first-order valence-electron chi connectivity index (χ1n) is 10.4. The number of likely N-dealkylation sites (tertiary alicyclic amines) is 1. The van der Waals surface area contributed by atoms with E-state index in [2.05, 4.69) is 36.2 Å². The summed E-state index contributed by atoms with van der Waals surface area (Å²) in [6.45, 7) is 7.06. The number of hydrogen-bond acceptors (Lipinski definition) is 2. The van der Waals surface area contributed by atoms with E-state index in [1.165, 1.54) is 5.56 Å². The van der Waals surface area contributed by atoms with Crippen molar-refractivity contribution in [2.45, 2.75) is 45.7 Å². The van der Waals surface area contributed by atoms with Crippen molar-refractivity contribution in [2.75, 3.05) is 13.1 Å². The summed E-state index contributed by atoms with van der Waals surface area (Å²) in [7, 11) is 0. The summed E-state index contributed by atoms with van der Waals surface area (Å²) in [6.07, 6.45) is 2.72. The van der Waals surface area contributed by atoms with Crippen molar-refractivity contribution in [1.29, 1.82) is 0 Å². The summed E-state index contributed by atoms with van der Waals surface area (Å²) in [4.78, 5) is 15.3. The molecule has 0 bridgehead atoms. The summed E-state index contributed by atoms with van der Waals surface area (Å²) >= 11 is 12.1. The Hall–Kier alpha value is -1.55. The molecule has 2 aromatic carbocycles. The normalized spacial score (nSPS) is 16.7. The summed E-state index contributed by atoms with van der Waals surface area (Å²) < 4.78 is 0. The maximum atomic E-state index is 12.9. The van der Waals surface area contributed by atoms with Crippen LogP contribution in [0, 0.1) is 11.8 Å². The van der Waals surface area contributed by atoms with E-state index in [0.717, 1.165) is 44.5 Å². The lowest BCUT2D eigenvalue weighted by atomic mass is 9.93. The average molecular weight is 433 g/mol. The van der Waals surface area contributed by atoms with Crippen LogP contribution in [-0.2, 0) is 11.3 Å². The molecule has 0 saturated carbocycles. The van der Waals surface area contributed by atoms with Crippen LogP contribution in [0.25, 0.3) is 0 Å². The first kappa shape index (κ1) is 22.1. The van der Waals surface area contributed by atoms with Gasteiger partial charge in [-0.15, -0.1) is 0 Å². The lowest BCUT2D eigenvalue weighted by molar-refractivity contribution is -0.127.